The Morgan fingerprint density at radius 2 is 2.29 bits per heavy atom. The second kappa shape index (κ2) is 4.98. The van der Waals surface area contributed by atoms with E-state index in [1.165, 1.54) is 0 Å². The zero-order chi connectivity index (χ0) is 12.4. The molecule has 5 heteroatoms. The van der Waals surface area contributed by atoms with Crippen LogP contribution in [0.2, 0.25) is 0 Å². The van der Waals surface area contributed by atoms with Crippen LogP contribution in [0.4, 0.5) is 5.69 Å². The van der Waals surface area contributed by atoms with Crippen molar-refractivity contribution < 1.29 is 9.57 Å². The number of allylic oxidation sites excluding steroid dienone is 1. The third kappa shape index (κ3) is 2.40. The molecule has 0 saturated heterocycles. The fourth-order valence-corrected chi connectivity index (χ4v) is 2.23. The number of hydrogen-bond acceptors (Lipinski definition) is 4. The number of ether oxygens (including phenoxy) is 1. The summed E-state index contributed by atoms with van der Waals surface area (Å²) in [6.45, 7) is 4.46. The van der Waals surface area contributed by atoms with Gasteiger partial charge < -0.3 is 10.5 Å². The van der Waals surface area contributed by atoms with E-state index in [9.17, 15) is 0 Å². The Morgan fingerprint density at radius 3 is 2.88 bits per heavy atom. The molecule has 0 bridgehead atoms. The van der Waals surface area contributed by atoms with Crippen LogP contribution in [0.1, 0.15) is 25.5 Å². The molecule has 2 rings (SSSR count). The number of nitrogens with one attached hydrogen (secondary N) is 1. The maximum atomic E-state index is 6.01. The Kier molecular flexibility index (Phi) is 3.59. The highest BCUT2D eigenvalue weighted by molar-refractivity contribution is 9.10. The van der Waals surface area contributed by atoms with Crippen molar-refractivity contribution in [3.05, 3.63) is 33.9 Å². The van der Waals surface area contributed by atoms with E-state index >= 15 is 0 Å². The van der Waals surface area contributed by atoms with Crippen LogP contribution in [-0.4, -0.2) is 6.61 Å². The van der Waals surface area contributed by atoms with E-state index in [1.807, 2.05) is 32.1 Å². The summed E-state index contributed by atoms with van der Waals surface area (Å²) in [6.07, 6.45) is 1.76. The summed E-state index contributed by atoms with van der Waals surface area (Å²) in [4.78, 5) is 5.45. The van der Waals surface area contributed by atoms with Crippen molar-refractivity contribution >= 4 is 21.6 Å². The molecule has 0 aliphatic carbocycles. The van der Waals surface area contributed by atoms with Crippen LogP contribution in [0.3, 0.4) is 0 Å². The number of hydrogen-bond donors (Lipinski definition) is 2. The van der Waals surface area contributed by atoms with Gasteiger partial charge in [-0.15, -0.1) is 0 Å². The fourth-order valence-electron chi connectivity index (χ4n) is 1.77. The van der Waals surface area contributed by atoms with Crippen LogP contribution in [0.25, 0.3) is 0 Å². The SMILES string of the molecule is CCOc1c(Br)ccc(N)c1C1C=C(C)NO1. The third-order valence-electron chi connectivity index (χ3n) is 2.50. The smallest absolute Gasteiger partial charge is 0.141 e. The molecule has 4 nitrogen and oxygen atoms in total. The van der Waals surface area contributed by atoms with E-state index in [0.29, 0.717) is 12.3 Å². The van der Waals surface area contributed by atoms with Crippen molar-refractivity contribution in [1.82, 2.24) is 5.48 Å². The molecule has 1 heterocycles. The average molecular weight is 299 g/mol. The second-order valence-corrected chi connectivity index (χ2v) is 4.66. The maximum absolute atomic E-state index is 6.01. The van der Waals surface area contributed by atoms with Gasteiger partial charge in [0.2, 0.25) is 0 Å². The van der Waals surface area contributed by atoms with Crippen molar-refractivity contribution in [3.8, 4) is 5.75 Å². The molecule has 92 valence electrons. The summed E-state index contributed by atoms with van der Waals surface area (Å²) >= 11 is 3.47. The molecule has 1 aromatic rings. The van der Waals surface area contributed by atoms with Crippen molar-refractivity contribution in [2.45, 2.75) is 20.0 Å². The molecule has 1 unspecified atom stereocenters. The highest BCUT2D eigenvalue weighted by atomic mass is 79.9. The summed E-state index contributed by atoms with van der Waals surface area (Å²) in [7, 11) is 0. The molecule has 3 N–H and O–H groups in total. The number of anilines is 1. The lowest BCUT2D eigenvalue weighted by molar-refractivity contribution is 0.0409. The molecule has 0 spiro atoms. The first-order valence-corrected chi connectivity index (χ1v) is 6.23. The van der Waals surface area contributed by atoms with Crippen LogP contribution < -0.4 is 16.0 Å². The molecule has 0 amide bonds. The molecule has 0 fully saturated rings. The number of nitrogens with two attached hydrogens (primary N) is 1. The van der Waals surface area contributed by atoms with Gasteiger partial charge in [0.1, 0.15) is 11.9 Å². The van der Waals surface area contributed by atoms with Gasteiger partial charge in [0.05, 0.1) is 16.6 Å². The molecule has 1 aliphatic heterocycles. The zero-order valence-corrected chi connectivity index (χ0v) is 11.4. The topological polar surface area (TPSA) is 56.5 Å². The van der Waals surface area contributed by atoms with Gasteiger partial charge in [-0.1, -0.05) is 0 Å². The Bertz CT molecular complexity index is 460. The van der Waals surface area contributed by atoms with E-state index in [4.69, 9.17) is 15.3 Å². The Morgan fingerprint density at radius 1 is 1.53 bits per heavy atom. The molecular weight excluding hydrogens is 284 g/mol. The Balaban J connectivity index is 2.47. The van der Waals surface area contributed by atoms with E-state index < -0.39 is 0 Å². The quantitative estimate of drug-likeness (QED) is 0.843. The van der Waals surface area contributed by atoms with Crippen LogP contribution in [0, 0.1) is 0 Å². The monoisotopic (exact) mass is 298 g/mol. The minimum Gasteiger partial charge on any atom is -0.492 e. The summed E-state index contributed by atoms with van der Waals surface area (Å²) in [5.74, 6) is 0.741. The number of hydroxylamine groups is 1. The zero-order valence-electron chi connectivity index (χ0n) is 9.79. The lowest BCUT2D eigenvalue weighted by Crippen LogP contribution is -2.10. The first-order valence-electron chi connectivity index (χ1n) is 5.44. The van der Waals surface area contributed by atoms with Crippen LogP contribution >= 0.6 is 15.9 Å². The van der Waals surface area contributed by atoms with Crippen molar-refractivity contribution in [1.29, 1.82) is 0 Å². The number of benzene rings is 1. The molecule has 1 aliphatic rings. The van der Waals surface area contributed by atoms with Gasteiger partial charge >= 0.3 is 0 Å². The van der Waals surface area contributed by atoms with E-state index in [-0.39, 0.29) is 6.10 Å². The number of nitrogen functional groups attached to an aromatic ring is 1. The predicted molar refractivity (Wildman–Crippen MR) is 70.4 cm³/mol. The molecular formula is C12H15BrN2O2. The standard InChI is InChI=1S/C12H15BrN2O2/c1-3-16-12-8(13)4-5-9(14)11(12)10-6-7(2)15-17-10/h4-6,10,15H,3,14H2,1-2H3. The predicted octanol–water partition coefficient (Wildman–Crippen LogP) is 2.91. The van der Waals surface area contributed by atoms with Crippen LogP contribution in [0.5, 0.6) is 5.75 Å². The fraction of sp³-hybridized carbons (Fsp3) is 0.333. The normalized spacial score (nSPS) is 18.8. The third-order valence-corrected chi connectivity index (χ3v) is 3.13. The lowest BCUT2D eigenvalue weighted by atomic mass is 10.1. The maximum Gasteiger partial charge on any atom is 0.141 e. The summed E-state index contributed by atoms with van der Waals surface area (Å²) in [5.41, 5.74) is 11.3. The second-order valence-electron chi connectivity index (χ2n) is 3.80. The van der Waals surface area contributed by atoms with Crippen molar-refractivity contribution in [2.75, 3.05) is 12.3 Å². The largest absolute Gasteiger partial charge is 0.492 e. The minimum absolute atomic E-state index is 0.214. The minimum atomic E-state index is -0.214. The van der Waals surface area contributed by atoms with E-state index in [1.54, 1.807) is 0 Å². The molecule has 0 radical (unpaired) electrons. The average Bonchev–Trinajstić information content (AvgIpc) is 2.70. The summed E-state index contributed by atoms with van der Waals surface area (Å²) < 4.78 is 6.51. The van der Waals surface area contributed by atoms with Gasteiger partial charge in [-0.05, 0) is 48.0 Å². The molecule has 0 aromatic heterocycles. The van der Waals surface area contributed by atoms with Crippen LogP contribution in [0.15, 0.2) is 28.4 Å². The lowest BCUT2D eigenvalue weighted by Gasteiger charge is -2.17. The first kappa shape index (κ1) is 12.3. The van der Waals surface area contributed by atoms with E-state index in [0.717, 1.165) is 21.5 Å². The van der Waals surface area contributed by atoms with Crippen LogP contribution in [-0.2, 0) is 4.84 Å². The van der Waals surface area contributed by atoms with Gasteiger partial charge in [-0.25, -0.2) is 0 Å². The molecule has 1 atom stereocenters. The van der Waals surface area contributed by atoms with Gasteiger partial charge in [0, 0.05) is 11.4 Å². The first-order chi connectivity index (χ1) is 8.13. The highest BCUT2D eigenvalue weighted by Gasteiger charge is 2.24. The van der Waals surface area contributed by atoms with Gasteiger partial charge in [-0.2, -0.15) is 0 Å². The molecule has 17 heavy (non-hydrogen) atoms. The highest BCUT2D eigenvalue weighted by Crippen LogP contribution is 2.40. The van der Waals surface area contributed by atoms with E-state index in [2.05, 4.69) is 21.4 Å². The van der Waals surface area contributed by atoms with Gasteiger partial charge in [0.25, 0.3) is 0 Å². The van der Waals surface area contributed by atoms with Crippen molar-refractivity contribution in [3.63, 3.8) is 0 Å². The van der Waals surface area contributed by atoms with Gasteiger partial charge in [-0.3, -0.25) is 10.3 Å². The number of rotatable bonds is 3. The summed E-state index contributed by atoms with van der Waals surface area (Å²) in [5, 5.41) is 0. The van der Waals surface area contributed by atoms with Crippen molar-refractivity contribution in [2.24, 2.45) is 0 Å². The Labute approximate surface area is 109 Å². The number of halogens is 1. The summed E-state index contributed by atoms with van der Waals surface area (Å²) in [6, 6.07) is 3.72. The Hall–Kier alpha value is -1.20. The molecule has 0 saturated carbocycles. The van der Waals surface area contributed by atoms with Gasteiger partial charge in [0.15, 0.2) is 0 Å². The molecule has 1 aromatic carbocycles.